The second kappa shape index (κ2) is 6.12. The highest BCUT2D eigenvalue weighted by atomic mass is 79.9. The van der Waals surface area contributed by atoms with Gasteiger partial charge >= 0.3 is 0 Å². The van der Waals surface area contributed by atoms with Crippen molar-refractivity contribution in [2.75, 3.05) is 18.2 Å². The fourth-order valence-corrected chi connectivity index (χ4v) is 4.11. The van der Waals surface area contributed by atoms with E-state index in [1.165, 1.54) is 0 Å². The third-order valence-corrected chi connectivity index (χ3v) is 4.92. The molecule has 0 aliphatic carbocycles. The molecule has 3 heterocycles. The highest BCUT2D eigenvalue weighted by Gasteiger charge is 2.39. The zero-order chi connectivity index (χ0) is 16.8. The molecule has 3 aliphatic rings. The molecule has 2 fully saturated rings. The number of hydrogen-bond donors (Lipinski definition) is 3. The molecule has 4 rings (SSSR count). The van der Waals surface area contributed by atoms with E-state index < -0.39 is 0 Å². The molecule has 8 heteroatoms. The minimum atomic E-state index is -0.318. The lowest BCUT2D eigenvalue weighted by atomic mass is 10.1. The quantitative estimate of drug-likeness (QED) is 0.702. The van der Waals surface area contributed by atoms with Crippen LogP contribution in [0.25, 0.3) is 0 Å². The molecule has 0 radical (unpaired) electrons. The van der Waals surface area contributed by atoms with Gasteiger partial charge in [0.2, 0.25) is 0 Å². The van der Waals surface area contributed by atoms with Crippen LogP contribution in [0.2, 0.25) is 0 Å². The summed E-state index contributed by atoms with van der Waals surface area (Å²) in [5, 5.41) is 10.0. The molecule has 2 unspecified atom stereocenters. The first-order chi connectivity index (χ1) is 11.5. The summed E-state index contributed by atoms with van der Waals surface area (Å²) in [6.45, 7) is 5.61. The topological polar surface area (TPSA) is 68.9 Å². The molecule has 128 valence electrons. The van der Waals surface area contributed by atoms with Crippen LogP contribution >= 0.6 is 15.9 Å². The fraction of sp³-hybridized carbons (Fsp3) is 0.438. The van der Waals surface area contributed by atoms with Crippen LogP contribution in [0, 0.1) is 13.8 Å². The van der Waals surface area contributed by atoms with E-state index in [2.05, 4.69) is 58.0 Å². The van der Waals surface area contributed by atoms with Gasteiger partial charge in [-0.15, -0.1) is 0 Å². The summed E-state index contributed by atoms with van der Waals surface area (Å²) in [5.74, 6) is -0.0818. The highest BCUT2D eigenvalue weighted by Crippen LogP contribution is 2.31. The third-order valence-electron chi connectivity index (χ3n) is 4.47. The summed E-state index contributed by atoms with van der Waals surface area (Å²) in [4.78, 5) is 18.0. The van der Waals surface area contributed by atoms with Crippen molar-refractivity contribution in [3.05, 3.63) is 39.5 Å². The Hall–Kier alpha value is -1.45. The Labute approximate surface area is 149 Å². The largest absolute Gasteiger partial charge is 0.322 e. The minimum absolute atomic E-state index is 0.0818. The van der Waals surface area contributed by atoms with Gasteiger partial charge in [0.1, 0.15) is 6.17 Å². The van der Waals surface area contributed by atoms with Gasteiger partial charge in [0.15, 0.2) is 6.29 Å². The van der Waals surface area contributed by atoms with Gasteiger partial charge in [-0.1, -0.05) is 15.9 Å². The maximum absolute atomic E-state index is 12.5. The standard InChI is InChI=1S/C16H20BrN5O2/c1-9-6-11(17)7-10(2)13(9)21-8-12-14(20-21)18-16(19-15(12)23)22-4-3-5-24-22/h6-8,14,16,18,20H,3-5H2,1-2H3,(H,19,23). The van der Waals surface area contributed by atoms with E-state index in [0.717, 1.165) is 34.3 Å². The van der Waals surface area contributed by atoms with E-state index in [1.807, 2.05) is 11.2 Å². The molecule has 0 saturated carbocycles. The molecule has 24 heavy (non-hydrogen) atoms. The van der Waals surface area contributed by atoms with E-state index >= 15 is 0 Å². The number of amides is 1. The van der Waals surface area contributed by atoms with Gasteiger partial charge in [-0.2, -0.15) is 5.06 Å². The normalized spacial score (nSPS) is 27.2. The van der Waals surface area contributed by atoms with Gasteiger partial charge in [0.25, 0.3) is 5.91 Å². The second-order valence-corrected chi connectivity index (χ2v) is 7.19. The van der Waals surface area contributed by atoms with Crippen LogP contribution in [0.15, 0.2) is 28.4 Å². The summed E-state index contributed by atoms with van der Waals surface area (Å²) < 4.78 is 1.05. The molecule has 1 amide bonds. The third kappa shape index (κ3) is 2.74. The molecule has 3 N–H and O–H groups in total. The molecule has 0 bridgehead atoms. The van der Waals surface area contributed by atoms with Crippen LogP contribution in [0.5, 0.6) is 0 Å². The minimum Gasteiger partial charge on any atom is -0.322 e. The Morgan fingerprint density at radius 2 is 2.04 bits per heavy atom. The highest BCUT2D eigenvalue weighted by molar-refractivity contribution is 9.10. The van der Waals surface area contributed by atoms with E-state index in [-0.39, 0.29) is 18.4 Å². The Bertz CT molecular complexity index is 693. The molecule has 0 spiro atoms. The monoisotopic (exact) mass is 393 g/mol. The first-order valence-electron chi connectivity index (χ1n) is 8.03. The van der Waals surface area contributed by atoms with Crippen LogP contribution in [0.3, 0.4) is 0 Å². The molecule has 3 aliphatic heterocycles. The number of fused-ring (bicyclic) bond motifs is 1. The summed E-state index contributed by atoms with van der Waals surface area (Å²) >= 11 is 3.52. The van der Waals surface area contributed by atoms with Crippen LogP contribution in [-0.4, -0.2) is 36.6 Å². The van der Waals surface area contributed by atoms with Crippen LogP contribution in [0.1, 0.15) is 17.5 Å². The van der Waals surface area contributed by atoms with Crippen molar-refractivity contribution in [3.63, 3.8) is 0 Å². The number of carbonyl (C=O) groups is 1. The van der Waals surface area contributed by atoms with Crippen molar-refractivity contribution in [1.29, 1.82) is 0 Å². The first kappa shape index (κ1) is 16.0. The smallest absolute Gasteiger partial charge is 0.254 e. The van der Waals surface area contributed by atoms with E-state index in [0.29, 0.717) is 12.2 Å². The average molecular weight is 394 g/mol. The van der Waals surface area contributed by atoms with Crippen molar-refractivity contribution in [2.24, 2.45) is 0 Å². The van der Waals surface area contributed by atoms with Gasteiger partial charge in [-0.05, 0) is 43.5 Å². The van der Waals surface area contributed by atoms with Crippen molar-refractivity contribution in [1.82, 2.24) is 21.1 Å². The van der Waals surface area contributed by atoms with Crippen molar-refractivity contribution >= 4 is 27.5 Å². The maximum atomic E-state index is 12.5. The first-order valence-corrected chi connectivity index (χ1v) is 8.82. The summed E-state index contributed by atoms with van der Waals surface area (Å²) in [6.07, 6.45) is 2.27. The Morgan fingerprint density at radius 1 is 1.29 bits per heavy atom. The zero-order valence-electron chi connectivity index (χ0n) is 13.6. The number of nitrogens with zero attached hydrogens (tertiary/aromatic N) is 2. The summed E-state index contributed by atoms with van der Waals surface area (Å²) in [7, 11) is 0. The van der Waals surface area contributed by atoms with Crippen LogP contribution in [0.4, 0.5) is 5.69 Å². The Kier molecular flexibility index (Phi) is 4.09. The number of hydroxylamine groups is 2. The average Bonchev–Trinajstić information content (AvgIpc) is 3.14. The van der Waals surface area contributed by atoms with Crippen molar-refractivity contribution in [2.45, 2.75) is 32.7 Å². The number of anilines is 1. The predicted molar refractivity (Wildman–Crippen MR) is 93.4 cm³/mol. The lowest BCUT2D eigenvalue weighted by Gasteiger charge is -2.35. The molecule has 1 aromatic rings. The Balaban J connectivity index is 1.58. The number of carbonyl (C=O) groups excluding carboxylic acids is 1. The SMILES string of the molecule is Cc1cc(Br)cc(C)c1N1C=C2C(=O)NC(N3CCCO3)NC2N1. The van der Waals surface area contributed by atoms with Gasteiger partial charge in [-0.3, -0.25) is 20.0 Å². The number of hydrogen-bond acceptors (Lipinski definition) is 6. The molecule has 2 atom stereocenters. The van der Waals surface area contributed by atoms with Gasteiger partial charge < -0.3 is 5.32 Å². The van der Waals surface area contributed by atoms with Gasteiger partial charge in [-0.25, -0.2) is 5.43 Å². The zero-order valence-corrected chi connectivity index (χ0v) is 15.2. The molecule has 1 aromatic carbocycles. The number of rotatable bonds is 2. The number of nitrogens with one attached hydrogen (secondary N) is 3. The lowest BCUT2D eigenvalue weighted by Crippen LogP contribution is -2.66. The number of hydrazine groups is 1. The van der Waals surface area contributed by atoms with Crippen molar-refractivity contribution < 1.29 is 9.63 Å². The molecular formula is C16H20BrN5O2. The lowest BCUT2D eigenvalue weighted by molar-refractivity contribution is -0.167. The van der Waals surface area contributed by atoms with E-state index in [4.69, 9.17) is 4.84 Å². The fourth-order valence-electron chi connectivity index (χ4n) is 3.42. The summed E-state index contributed by atoms with van der Waals surface area (Å²) in [6, 6.07) is 4.14. The van der Waals surface area contributed by atoms with E-state index in [1.54, 1.807) is 5.06 Å². The van der Waals surface area contributed by atoms with Gasteiger partial charge in [0, 0.05) is 17.2 Å². The molecule has 0 aromatic heterocycles. The van der Waals surface area contributed by atoms with Gasteiger partial charge in [0.05, 0.1) is 17.9 Å². The number of benzene rings is 1. The Morgan fingerprint density at radius 3 is 2.71 bits per heavy atom. The molecule has 7 nitrogen and oxygen atoms in total. The number of halogens is 1. The van der Waals surface area contributed by atoms with Crippen LogP contribution < -0.4 is 21.1 Å². The summed E-state index contributed by atoms with van der Waals surface area (Å²) in [5.41, 5.74) is 7.36. The van der Waals surface area contributed by atoms with Crippen molar-refractivity contribution in [3.8, 4) is 0 Å². The number of aryl methyl sites for hydroxylation is 2. The van der Waals surface area contributed by atoms with E-state index in [9.17, 15) is 4.79 Å². The van der Waals surface area contributed by atoms with Crippen LogP contribution in [-0.2, 0) is 9.63 Å². The maximum Gasteiger partial charge on any atom is 0.254 e. The molecular weight excluding hydrogens is 374 g/mol. The molecule has 2 saturated heterocycles. The second-order valence-electron chi connectivity index (χ2n) is 6.27. The predicted octanol–water partition coefficient (Wildman–Crippen LogP) is 1.24.